The number of benzene rings is 5. The maximum Gasteiger partial charge on any atom is 0.0178 e. The van der Waals surface area contributed by atoms with E-state index in [1.807, 2.05) is 0 Å². The van der Waals surface area contributed by atoms with Gasteiger partial charge in [0.05, 0.1) is 0 Å². The van der Waals surface area contributed by atoms with Crippen LogP contribution in [0.15, 0.2) is 81.7 Å². The van der Waals surface area contributed by atoms with Gasteiger partial charge in [-0.15, -0.1) is 0 Å². The summed E-state index contributed by atoms with van der Waals surface area (Å²) in [6, 6.07) is 28.9. The third-order valence-electron chi connectivity index (χ3n) is 12.0. The van der Waals surface area contributed by atoms with Gasteiger partial charge in [0.25, 0.3) is 0 Å². The Kier molecular flexibility index (Phi) is 5.02. The maximum absolute atomic E-state index is 3.74. The molecule has 0 atom stereocenters. The maximum atomic E-state index is 3.74. The lowest BCUT2D eigenvalue weighted by molar-refractivity contribution is 0.647. The van der Waals surface area contributed by atoms with Gasteiger partial charge in [-0.2, -0.15) is 0 Å². The van der Waals surface area contributed by atoms with E-state index in [0.717, 1.165) is 8.95 Å². The van der Waals surface area contributed by atoms with E-state index >= 15 is 0 Å². The molecule has 0 radical (unpaired) electrons. The highest BCUT2D eigenvalue weighted by molar-refractivity contribution is 9.10. The molecule has 0 heterocycles. The first kappa shape index (κ1) is 27.4. The minimum Gasteiger partial charge on any atom is -0.0529 e. The Hall–Kier alpha value is -2.94. The highest BCUT2D eigenvalue weighted by Gasteiger charge is 2.46. The third kappa shape index (κ3) is 3.10. The Balaban J connectivity index is 1.26. The van der Waals surface area contributed by atoms with E-state index in [2.05, 4.69) is 160 Å². The van der Waals surface area contributed by atoms with E-state index in [4.69, 9.17) is 0 Å². The Labute approximate surface area is 278 Å². The standard InChI is InChI=1S/C42H36Br2/c1-39(2)31-13-21(43)9-11-23(31)25-15-35-27(17-33(25)39)29-19-38-30(20-37(29)41(35,5)6)28-18-34-26(16-36(28)42(38,7)8)24-12-10-22(44)14-32(24)40(34,3)4/h9-20H,1-8H3. The predicted octanol–water partition coefficient (Wildman–Crippen LogP) is 12.4. The van der Waals surface area contributed by atoms with Crippen LogP contribution in [-0.2, 0) is 21.7 Å². The number of fused-ring (bicyclic) bond motifs is 12. The first-order valence-corrected chi connectivity index (χ1v) is 17.4. The van der Waals surface area contributed by atoms with E-state index in [9.17, 15) is 0 Å². The van der Waals surface area contributed by atoms with Crippen molar-refractivity contribution in [1.29, 1.82) is 0 Å². The lowest BCUT2D eigenvalue weighted by Gasteiger charge is -2.25. The molecule has 44 heavy (non-hydrogen) atoms. The normalized spacial score (nSPS) is 19.0. The largest absolute Gasteiger partial charge is 0.0529 e. The molecule has 0 spiro atoms. The quantitative estimate of drug-likeness (QED) is 0.151. The second-order valence-corrected chi connectivity index (χ2v) is 17.5. The summed E-state index contributed by atoms with van der Waals surface area (Å²) in [5.41, 5.74) is 22.5. The zero-order valence-corrected chi connectivity index (χ0v) is 29.9. The van der Waals surface area contributed by atoms with Crippen molar-refractivity contribution in [3.63, 3.8) is 0 Å². The van der Waals surface area contributed by atoms with Crippen LogP contribution in [0.5, 0.6) is 0 Å². The second kappa shape index (κ2) is 8.06. The van der Waals surface area contributed by atoms with E-state index in [1.165, 1.54) is 89.0 Å². The molecule has 0 N–H and O–H groups in total. The molecular weight excluding hydrogens is 664 g/mol. The molecule has 0 nitrogen and oxygen atoms in total. The van der Waals surface area contributed by atoms with Crippen molar-refractivity contribution in [2.45, 2.75) is 77.0 Å². The van der Waals surface area contributed by atoms with Crippen LogP contribution in [-0.4, -0.2) is 0 Å². The van der Waals surface area contributed by atoms with Crippen molar-refractivity contribution in [2.75, 3.05) is 0 Å². The molecule has 2 heteroatoms. The van der Waals surface area contributed by atoms with Gasteiger partial charge in [-0.1, -0.05) is 99.4 Å². The summed E-state index contributed by atoms with van der Waals surface area (Å²) in [6.07, 6.45) is 0. The molecule has 218 valence electrons. The van der Waals surface area contributed by atoms with Crippen LogP contribution >= 0.6 is 31.9 Å². The second-order valence-electron chi connectivity index (χ2n) is 15.7. The van der Waals surface area contributed by atoms with Gasteiger partial charge in [0.1, 0.15) is 0 Å². The monoisotopic (exact) mass is 698 g/mol. The molecule has 9 rings (SSSR count). The number of halogens is 2. The van der Waals surface area contributed by atoms with Crippen molar-refractivity contribution in [2.24, 2.45) is 0 Å². The Morgan fingerprint density at radius 2 is 0.500 bits per heavy atom. The van der Waals surface area contributed by atoms with E-state index in [-0.39, 0.29) is 21.7 Å². The molecule has 0 aromatic heterocycles. The van der Waals surface area contributed by atoms with Crippen LogP contribution < -0.4 is 0 Å². The van der Waals surface area contributed by atoms with Crippen molar-refractivity contribution in [3.8, 4) is 44.5 Å². The van der Waals surface area contributed by atoms with Gasteiger partial charge in [0.2, 0.25) is 0 Å². The third-order valence-corrected chi connectivity index (χ3v) is 13.0. The number of hydrogen-bond donors (Lipinski definition) is 0. The van der Waals surface area contributed by atoms with Crippen LogP contribution in [0.2, 0.25) is 0 Å². The van der Waals surface area contributed by atoms with Gasteiger partial charge in [-0.05, 0) is 150 Å². The topological polar surface area (TPSA) is 0 Å². The van der Waals surface area contributed by atoms with Crippen LogP contribution in [0.3, 0.4) is 0 Å². The van der Waals surface area contributed by atoms with Gasteiger partial charge in [0, 0.05) is 30.6 Å². The minimum atomic E-state index is -0.0810. The molecular formula is C42H36Br2. The average molecular weight is 701 g/mol. The fourth-order valence-corrected chi connectivity index (χ4v) is 10.1. The zero-order chi connectivity index (χ0) is 30.9. The summed E-state index contributed by atoms with van der Waals surface area (Å²) in [7, 11) is 0. The molecule has 0 saturated heterocycles. The average Bonchev–Trinajstić information content (AvgIpc) is 3.51. The highest BCUT2D eigenvalue weighted by Crippen LogP contribution is 2.61. The summed E-state index contributed by atoms with van der Waals surface area (Å²) in [5.74, 6) is 0. The fraction of sp³-hybridized carbons (Fsp3) is 0.286. The van der Waals surface area contributed by atoms with E-state index < -0.39 is 0 Å². The molecule has 0 bridgehead atoms. The molecule has 0 amide bonds. The van der Waals surface area contributed by atoms with Crippen LogP contribution in [0, 0.1) is 0 Å². The van der Waals surface area contributed by atoms with Gasteiger partial charge in [-0.3, -0.25) is 0 Å². The molecule has 4 aliphatic rings. The SMILES string of the molecule is CC1(C)c2cc(Br)ccc2-c2cc3c(cc21)-c1cc2c(cc1C3(C)C)-c1cc3c(cc1C2(C)C)-c1ccc(Br)cc1C3(C)C. The Morgan fingerprint density at radius 3 is 0.750 bits per heavy atom. The van der Waals surface area contributed by atoms with Gasteiger partial charge in [0.15, 0.2) is 0 Å². The molecule has 0 aliphatic heterocycles. The number of rotatable bonds is 0. The summed E-state index contributed by atoms with van der Waals surface area (Å²) in [5, 5.41) is 0. The zero-order valence-electron chi connectivity index (χ0n) is 26.7. The van der Waals surface area contributed by atoms with Crippen LogP contribution in [0.4, 0.5) is 0 Å². The van der Waals surface area contributed by atoms with Gasteiger partial charge >= 0.3 is 0 Å². The van der Waals surface area contributed by atoms with Crippen molar-refractivity contribution < 1.29 is 0 Å². The Morgan fingerprint density at radius 1 is 0.295 bits per heavy atom. The molecule has 0 unspecified atom stereocenters. The molecule has 5 aromatic rings. The molecule has 0 fully saturated rings. The predicted molar refractivity (Wildman–Crippen MR) is 192 cm³/mol. The number of hydrogen-bond acceptors (Lipinski definition) is 0. The van der Waals surface area contributed by atoms with Crippen LogP contribution in [0.25, 0.3) is 44.5 Å². The van der Waals surface area contributed by atoms with Gasteiger partial charge < -0.3 is 0 Å². The highest BCUT2D eigenvalue weighted by atomic mass is 79.9. The summed E-state index contributed by atoms with van der Waals surface area (Å²) in [6.45, 7) is 19.3. The fourth-order valence-electron chi connectivity index (χ4n) is 9.36. The van der Waals surface area contributed by atoms with Crippen molar-refractivity contribution in [1.82, 2.24) is 0 Å². The first-order chi connectivity index (χ1) is 20.6. The lowest BCUT2D eigenvalue weighted by atomic mass is 9.78. The summed E-state index contributed by atoms with van der Waals surface area (Å²) < 4.78 is 2.30. The summed E-state index contributed by atoms with van der Waals surface area (Å²) >= 11 is 7.48. The van der Waals surface area contributed by atoms with E-state index in [0.29, 0.717) is 0 Å². The smallest absolute Gasteiger partial charge is 0.0178 e. The molecule has 4 aliphatic carbocycles. The lowest BCUT2D eigenvalue weighted by Crippen LogP contribution is -2.17. The van der Waals surface area contributed by atoms with E-state index in [1.54, 1.807) is 0 Å². The minimum absolute atomic E-state index is 0.0398. The van der Waals surface area contributed by atoms with Gasteiger partial charge in [-0.25, -0.2) is 0 Å². The first-order valence-electron chi connectivity index (χ1n) is 15.8. The van der Waals surface area contributed by atoms with Crippen LogP contribution in [0.1, 0.15) is 99.9 Å². The molecule has 0 saturated carbocycles. The summed E-state index contributed by atoms with van der Waals surface area (Å²) in [4.78, 5) is 0. The molecule has 5 aromatic carbocycles. The Bertz CT molecular complexity index is 2030. The van der Waals surface area contributed by atoms with Crippen molar-refractivity contribution >= 4 is 31.9 Å². The van der Waals surface area contributed by atoms with Crippen molar-refractivity contribution in [3.05, 3.63) is 126 Å².